The van der Waals surface area contributed by atoms with Crippen LogP contribution in [0.25, 0.3) is 0 Å². The summed E-state index contributed by atoms with van der Waals surface area (Å²) in [5.41, 5.74) is 2.96. The molecule has 2 saturated carbocycles. The fourth-order valence-corrected chi connectivity index (χ4v) is 4.83. The highest BCUT2D eigenvalue weighted by Gasteiger charge is 2.29. The molecule has 2 atom stereocenters. The van der Waals surface area contributed by atoms with Crippen LogP contribution in [0.4, 0.5) is 0 Å². The van der Waals surface area contributed by atoms with Crippen molar-refractivity contribution in [1.29, 1.82) is 0 Å². The lowest BCUT2D eigenvalue weighted by Gasteiger charge is -2.34. The van der Waals surface area contributed by atoms with Crippen molar-refractivity contribution in [3.05, 3.63) is 48.0 Å². The number of aryl methyl sites for hydroxylation is 1. The maximum atomic E-state index is 4.01. The van der Waals surface area contributed by atoms with E-state index in [2.05, 4.69) is 43.8 Å². The van der Waals surface area contributed by atoms with Crippen molar-refractivity contribution >= 4 is 0 Å². The van der Waals surface area contributed by atoms with Gasteiger partial charge in [-0.1, -0.05) is 48.7 Å². The molecule has 2 fully saturated rings. The van der Waals surface area contributed by atoms with Crippen LogP contribution in [0.15, 0.2) is 36.9 Å². The van der Waals surface area contributed by atoms with Crippen molar-refractivity contribution in [2.45, 2.75) is 70.6 Å². The SMILES string of the molecule is C=CC1CCCC(C2CCC(c3ccc(C)cc3)CC2)CC1. The third-order valence-corrected chi connectivity index (χ3v) is 6.38. The van der Waals surface area contributed by atoms with Crippen LogP contribution in [0.1, 0.15) is 74.8 Å². The summed E-state index contributed by atoms with van der Waals surface area (Å²) >= 11 is 0. The molecule has 0 N–H and O–H groups in total. The van der Waals surface area contributed by atoms with Gasteiger partial charge in [0, 0.05) is 0 Å². The summed E-state index contributed by atoms with van der Waals surface area (Å²) < 4.78 is 0. The third kappa shape index (κ3) is 3.83. The van der Waals surface area contributed by atoms with E-state index >= 15 is 0 Å². The largest absolute Gasteiger partial charge is 0.103 e. The zero-order valence-electron chi connectivity index (χ0n) is 14.3. The predicted molar refractivity (Wildman–Crippen MR) is 96.1 cm³/mol. The zero-order valence-corrected chi connectivity index (χ0v) is 14.3. The smallest absolute Gasteiger partial charge is 0.0162 e. The fraction of sp³-hybridized carbons (Fsp3) is 0.636. The Hall–Kier alpha value is -1.04. The Morgan fingerprint density at radius 3 is 2.14 bits per heavy atom. The van der Waals surface area contributed by atoms with Gasteiger partial charge in [-0.25, -0.2) is 0 Å². The molecule has 0 radical (unpaired) electrons. The van der Waals surface area contributed by atoms with E-state index in [1.54, 1.807) is 5.56 Å². The van der Waals surface area contributed by atoms with Crippen LogP contribution in [-0.2, 0) is 0 Å². The van der Waals surface area contributed by atoms with Gasteiger partial charge in [0.1, 0.15) is 0 Å². The van der Waals surface area contributed by atoms with E-state index in [-0.39, 0.29) is 0 Å². The normalized spacial score (nSPS) is 33.1. The first-order chi connectivity index (χ1) is 10.8. The highest BCUT2D eigenvalue weighted by Crippen LogP contribution is 2.43. The van der Waals surface area contributed by atoms with E-state index in [0.29, 0.717) is 0 Å². The summed E-state index contributed by atoms with van der Waals surface area (Å²) in [6, 6.07) is 9.28. The number of allylic oxidation sites excluding steroid dienone is 1. The maximum Gasteiger partial charge on any atom is -0.0162 e. The van der Waals surface area contributed by atoms with Gasteiger partial charge in [-0.2, -0.15) is 0 Å². The fourth-order valence-electron chi connectivity index (χ4n) is 4.83. The van der Waals surface area contributed by atoms with Crippen molar-refractivity contribution in [1.82, 2.24) is 0 Å². The monoisotopic (exact) mass is 296 g/mol. The molecule has 0 nitrogen and oxygen atoms in total. The Morgan fingerprint density at radius 1 is 0.818 bits per heavy atom. The molecule has 0 saturated heterocycles. The molecule has 120 valence electrons. The Bertz CT molecular complexity index is 461. The van der Waals surface area contributed by atoms with Gasteiger partial charge in [-0.15, -0.1) is 6.58 Å². The first-order valence-corrected chi connectivity index (χ1v) is 9.45. The van der Waals surface area contributed by atoms with E-state index in [1.165, 1.54) is 63.4 Å². The predicted octanol–water partition coefficient (Wildman–Crippen LogP) is 6.65. The molecule has 0 aliphatic heterocycles. The molecule has 22 heavy (non-hydrogen) atoms. The zero-order chi connectivity index (χ0) is 15.4. The van der Waals surface area contributed by atoms with E-state index < -0.39 is 0 Å². The van der Waals surface area contributed by atoms with Gasteiger partial charge in [0.2, 0.25) is 0 Å². The van der Waals surface area contributed by atoms with Crippen molar-refractivity contribution in [2.24, 2.45) is 17.8 Å². The highest BCUT2D eigenvalue weighted by molar-refractivity contribution is 5.24. The van der Waals surface area contributed by atoms with E-state index in [9.17, 15) is 0 Å². The average Bonchev–Trinajstić information content (AvgIpc) is 2.81. The summed E-state index contributed by atoms with van der Waals surface area (Å²) in [5.74, 6) is 3.63. The lowest BCUT2D eigenvalue weighted by molar-refractivity contribution is 0.212. The van der Waals surface area contributed by atoms with Gasteiger partial charge in [0.15, 0.2) is 0 Å². The summed E-state index contributed by atoms with van der Waals surface area (Å²) in [6.45, 7) is 6.20. The van der Waals surface area contributed by atoms with Crippen molar-refractivity contribution in [3.63, 3.8) is 0 Å². The molecule has 1 aromatic carbocycles. The molecule has 1 aromatic rings. The van der Waals surface area contributed by atoms with Gasteiger partial charge < -0.3 is 0 Å². The molecule has 0 spiro atoms. The van der Waals surface area contributed by atoms with Gasteiger partial charge in [-0.3, -0.25) is 0 Å². The molecule has 0 bridgehead atoms. The average molecular weight is 296 g/mol. The molecule has 0 amide bonds. The van der Waals surface area contributed by atoms with Crippen LogP contribution >= 0.6 is 0 Å². The van der Waals surface area contributed by atoms with Crippen molar-refractivity contribution in [3.8, 4) is 0 Å². The number of benzene rings is 1. The summed E-state index contributed by atoms with van der Waals surface area (Å²) in [4.78, 5) is 0. The van der Waals surface area contributed by atoms with Crippen LogP contribution in [0.2, 0.25) is 0 Å². The summed E-state index contributed by atoms with van der Waals surface area (Å²) in [6.07, 6.45) is 15.1. The number of hydrogen-bond donors (Lipinski definition) is 0. The van der Waals surface area contributed by atoms with Gasteiger partial charge in [0.05, 0.1) is 0 Å². The Kier molecular flexibility index (Phi) is 5.39. The summed E-state index contributed by atoms with van der Waals surface area (Å²) in [5, 5.41) is 0. The minimum Gasteiger partial charge on any atom is -0.103 e. The lowest BCUT2D eigenvalue weighted by Crippen LogP contribution is -2.21. The van der Waals surface area contributed by atoms with E-state index in [4.69, 9.17) is 0 Å². The van der Waals surface area contributed by atoms with Crippen molar-refractivity contribution < 1.29 is 0 Å². The Labute approximate surface area is 137 Å². The molecule has 3 rings (SSSR count). The first-order valence-electron chi connectivity index (χ1n) is 9.45. The van der Waals surface area contributed by atoms with E-state index in [1.807, 2.05) is 0 Å². The van der Waals surface area contributed by atoms with Crippen LogP contribution in [0.5, 0.6) is 0 Å². The Morgan fingerprint density at radius 2 is 1.45 bits per heavy atom. The molecule has 0 aromatic heterocycles. The van der Waals surface area contributed by atoms with Gasteiger partial charge >= 0.3 is 0 Å². The first kappa shape index (κ1) is 15.8. The maximum absolute atomic E-state index is 4.01. The quantitative estimate of drug-likeness (QED) is 0.432. The molecular formula is C22H32. The van der Waals surface area contributed by atoms with Gasteiger partial charge in [0.25, 0.3) is 0 Å². The Balaban J connectivity index is 1.53. The third-order valence-electron chi connectivity index (χ3n) is 6.38. The molecule has 2 aliphatic rings. The second-order valence-corrected chi connectivity index (χ2v) is 7.79. The van der Waals surface area contributed by atoms with Crippen LogP contribution in [0.3, 0.4) is 0 Å². The summed E-state index contributed by atoms with van der Waals surface area (Å²) in [7, 11) is 0. The molecular weight excluding hydrogens is 264 g/mol. The molecule has 2 aliphatic carbocycles. The molecule has 0 heterocycles. The number of rotatable bonds is 3. The topological polar surface area (TPSA) is 0 Å². The van der Waals surface area contributed by atoms with Crippen LogP contribution < -0.4 is 0 Å². The minimum atomic E-state index is 0.800. The molecule has 0 heteroatoms. The minimum absolute atomic E-state index is 0.800. The standard InChI is InChI=1S/C22H32/c1-3-18-5-4-6-19(12-9-18)21-13-15-22(16-14-21)20-10-7-17(2)8-11-20/h3,7-8,10-11,18-19,21-22H,1,4-6,9,12-16H2,2H3. The second-order valence-electron chi connectivity index (χ2n) is 7.79. The number of hydrogen-bond acceptors (Lipinski definition) is 0. The van der Waals surface area contributed by atoms with Crippen LogP contribution in [-0.4, -0.2) is 0 Å². The van der Waals surface area contributed by atoms with Crippen LogP contribution in [0, 0.1) is 24.7 Å². The second kappa shape index (κ2) is 7.49. The van der Waals surface area contributed by atoms with Gasteiger partial charge in [-0.05, 0) is 81.1 Å². The lowest BCUT2D eigenvalue weighted by atomic mass is 9.72. The highest BCUT2D eigenvalue weighted by atomic mass is 14.3. The molecule has 2 unspecified atom stereocenters. The van der Waals surface area contributed by atoms with Crippen molar-refractivity contribution in [2.75, 3.05) is 0 Å². The van der Waals surface area contributed by atoms with E-state index in [0.717, 1.165) is 23.7 Å².